The zero-order chi connectivity index (χ0) is 18.0. The molecule has 3 rings (SSSR count). The lowest BCUT2D eigenvalue weighted by molar-refractivity contribution is 0.414. The van der Waals surface area contributed by atoms with Crippen LogP contribution in [0.25, 0.3) is 10.9 Å². The predicted molar refractivity (Wildman–Crippen MR) is 104 cm³/mol. The lowest BCUT2D eigenvalue weighted by atomic mass is 10.2. The number of nitrogens with zero attached hydrogens (tertiary/aromatic N) is 3. The summed E-state index contributed by atoms with van der Waals surface area (Å²) < 4.78 is 7.52. The van der Waals surface area contributed by atoms with Crippen LogP contribution in [0.1, 0.15) is 31.2 Å². The molecule has 25 heavy (non-hydrogen) atoms. The first-order valence-corrected chi connectivity index (χ1v) is 8.70. The second-order valence-corrected chi connectivity index (χ2v) is 6.81. The van der Waals surface area contributed by atoms with Crippen LogP contribution in [0.15, 0.2) is 56.8 Å². The molecular formula is C19H18BrN3O2. The Hall–Kier alpha value is -2.47. The van der Waals surface area contributed by atoms with Crippen molar-refractivity contribution in [2.45, 2.75) is 19.8 Å². The monoisotopic (exact) mass is 399 g/mol. The van der Waals surface area contributed by atoms with Crippen molar-refractivity contribution in [3.8, 4) is 5.75 Å². The van der Waals surface area contributed by atoms with Gasteiger partial charge in [0.25, 0.3) is 5.56 Å². The molecule has 1 aromatic heterocycles. The van der Waals surface area contributed by atoms with Gasteiger partial charge in [0.05, 0.1) is 24.2 Å². The van der Waals surface area contributed by atoms with Crippen LogP contribution in [-0.2, 0) is 0 Å². The third kappa shape index (κ3) is 3.49. The highest BCUT2D eigenvalue weighted by Crippen LogP contribution is 2.19. The van der Waals surface area contributed by atoms with E-state index in [2.05, 4.69) is 26.0 Å². The third-order valence-corrected chi connectivity index (χ3v) is 4.29. The lowest BCUT2D eigenvalue weighted by Gasteiger charge is -2.12. The number of hydrogen-bond acceptors (Lipinski definition) is 4. The van der Waals surface area contributed by atoms with Crippen molar-refractivity contribution < 1.29 is 4.74 Å². The summed E-state index contributed by atoms with van der Waals surface area (Å²) >= 11 is 3.40. The van der Waals surface area contributed by atoms with E-state index in [0.717, 1.165) is 10.0 Å². The molecule has 0 atom stereocenters. The van der Waals surface area contributed by atoms with Gasteiger partial charge in [-0.15, -0.1) is 0 Å². The first-order chi connectivity index (χ1) is 12.0. The van der Waals surface area contributed by atoms with Crippen molar-refractivity contribution in [1.29, 1.82) is 0 Å². The van der Waals surface area contributed by atoms with Crippen LogP contribution in [0.2, 0.25) is 0 Å². The Morgan fingerprint density at radius 3 is 2.72 bits per heavy atom. The molecular weight excluding hydrogens is 382 g/mol. The molecule has 0 bridgehead atoms. The van der Waals surface area contributed by atoms with Gasteiger partial charge in [-0.05, 0) is 30.3 Å². The second kappa shape index (κ2) is 7.19. The van der Waals surface area contributed by atoms with Crippen LogP contribution >= 0.6 is 15.9 Å². The maximum atomic E-state index is 12.9. The molecule has 0 fully saturated rings. The summed E-state index contributed by atoms with van der Waals surface area (Å²) in [4.78, 5) is 17.6. The number of ether oxygens (including phenoxy) is 1. The first-order valence-electron chi connectivity index (χ1n) is 7.91. The molecule has 0 N–H and O–H groups in total. The van der Waals surface area contributed by atoms with Crippen molar-refractivity contribution in [3.63, 3.8) is 0 Å². The maximum absolute atomic E-state index is 12.9. The van der Waals surface area contributed by atoms with Gasteiger partial charge >= 0.3 is 0 Å². The maximum Gasteiger partial charge on any atom is 0.282 e. The minimum atomic E-state index is -0.193. The van der Waals surface area contributed by atoms with E-state index in [0.29, 0.717) is 22.5 Å². The van der Waals surface area contributed by atoms with Crippen molar-refractivity contribution in [2.24, 2.45) is 5.10 Å². The Morgan fingerprint density at radius 1 is 1.24 bits per heavy atom. The average Bonchev–Trinajstić information content (AvgIpc) is 2.61. The lowest BCUT2D eigenvalue weighted by Crippen LogP contribution is -2.23. The number of aromatic nitrogens is 2. The minimum absolute atomic E-state index is 0.0514. The molecule has 5 nitrogen and oxygen atoms in total. The molecule has 0 aliphatic rings. The number of methoxy groups -OCH3 is 1. The number of halogens is 1. The van der Waals surface area contributed by atoms with E-state index in [1.807, 2.05) is 50.2 Å². The van der Waals surface area contributed by atoms with Crippen LogP contribution < -0.4 is 10.3 Å². The summed E-state index contributed by atoms with van der Waals surface area (Å²) in [6, 6.07) is 13.0. The van der Waals surface area contributed by atoms with Crippen LogP contribution in [0.5, 0.6) is 5.75 Å². The van der Waals surface area contributed by atoms with Gasteiger partial charge in [-0.1, -0.05) is 41.9 Å². The molecule has 0 radical (unpaired) electrons. The van der Waals surface area contributed by atoms with Gasteiger partial charge in [0.2, 0.25) is 0 Å². The molecule has 0 aliphatic carbocycles. The number of rotatable bonds is 4. The van der Waals surface area contributed by atoms with E-state index in [-0.39, 0.29) is 11.5 Å². The summed E-state index contributed by atoms with van der Waals surface area (Å²) in [6.45, 7) is 3.98. The van der Waals surface area contributed by atoms with E-state index >= 15 is 0 Å². The number of benzene rings is 2. The molecule has 0 amide bonds. The molecule has 0 spiro atoms. The standard InChI is InChI=1S/C19H18BrN3O2/c1-12(2)18-22-16-9-8-14(20)10-15(16)19(24)23(18)21-11-13-6-4-5-7-17(13)25-3/h4-12H,1-3H3. The number of hydrogen-bond donors (Lipinski definition) is 0. The number of fused-ring (bicyclic) bond motifs is 1. The fourth-order valence-electron chi connectivity index (χ4n) is 2.54. The Bertz CT molecular complexity index is 1010. The van der Waals surface area contributed by atoms with E-state index < -0.39 is 0 Å². The molecule has 0 saturated carbocycles. The Morgan fingerprint density at radius 2 is 2.00 bits per heavy atom. The molecule has 3 aromatic rings. The molecule has 0 unspecified atom stereocenters. The largest absolute Gasteiger partial charge is 0.496 e. The average molecular weight is 400 g/mol. The fourth-order valence-corrected chi connectivity index (χ4v) is 2.91. The van der Waals surface area contributed by atoms with Crippen LogP contribution in [0.3, 0.4) is 0 Å². The molecule has 2 aromatic carbocycles. The highest BCUT2D eigenvalue weighted by atomic mass is 79.9. The molecule has 1 heterocycles. The van der Waals surface area contributed by atoms with E-state index in [1.165, 1.54) is 4.68 Å². The number of para-hydroxylation sites is 1. The summed E-state index contributed by atoms with van der Waals surface area (Å²) in [7, 11) is 1.60. The van der Waals surface area contributed by atoms with E-state index in [1.54, 1.807) is 19.4 Å². The van der Waals surface area contributed by atoms with Gasteiger partial charge in [0.1, 0.15) is 11.6 Å². The zero-order valence-corrected chi connectivity index (χ0v) is 15.8. The van der Waals surface area contributed by atoms with Crippen LogP contribution in [0, 0.1) is 0 Å². The van der Waals surface area contributed by atoms with Gasteiger partial charge in [0.15, 0.2) is 0 Å². The summed E-state index contributed by atoms with van der Waals surface area (Å²) in [5.74, 6) is 1.36. The molecule has 128 valence electrons. The van der Waals surface area contributed by atoms with Crippen molar-refractivity contribution >= 4 is 33.0 Å². The third-order valence-electron chi connectivity index (χ3n) is 3.80. The van der Waals surface area contributed by atoms with E-state index in [9.17, 15) is 4.79 Å². The smallest absolute Gasteiger partial charge is 0.282 e. The highest BCUT2D eigenvalue weighted by molar-refractivity contribution is 9.10. The Labute approximate surface area is 154 Å². The topological polar surface area (TPSA) is 56.5 Å². The van der Waals surface area contributed by atoms with Gasteiger partial charge in [-0.2, -0.15) is 9.78 Å². The minimum Gasteiger partial charge on any atom is -0.496 e. The summed E-state index contributed by atoms with van der Waals surface area (Å²) in [5.41, 5.74) is 1.27. The van der Waals surface area contributed by atoms with Gasteiger partial charge < -0.3 is 4.74 Å². The highest BCUT2D eigenvalue weighted by Gasteiger charge is 2.13. The van der Waals surface area contributed by atoms with Crippen LogP contribution in [-0.4, -0.2) is 23.0 Å². The molecule has 0 aliphatic heterocycles. The molecule has 6 heteroatoms. The van der Waals surface area contributed by atoms with Gasteiger partial charge in [0, 0.05) is 16.0 Å². The van der Waals surface area contributed by atoms with E-state index in [4.69, 9.17) is 4.74 Å². The van der Waals surface area contributed by atoms with Crippen molar-refractivity contribution in [2.75, 3.05) is 7.11 Å². The van der Waals surface area contributed by atoms with Crippen molar-refractivity contribution in [3.05, 3.63) is 68.7 Å². The Kier molecular flexibility index (Phi) is 4.99. The van der Waals surface area contributed by atoms with Crippen LogP contribution in [0.4, 0.5) is 0 Å². The quantitative estimate of drug-likeness (QED) is 0.618. The fraction of sp³-hybridized carbons (Fsp3) is 0.211. The SMILES string of the molecule is COc1ccccc1C=Nn1c(C(C)C)nc2ccc(Br)cc2c1=O. The zero-order valence-electron chi connectivity index (χ0n) is 14.2. The predicted octanol–water partition coefficient (Wildman–Crippen LogP) is 4.17. The summed E-state index contributed by atoms with van der Waals surface area (Å²) in [6.07, 6.45) is 1.62. The van der Waals surface area contributed by atoms with Gasteiger partial charge in [-0.3, -0.25) is 4.79 Å². The second-order valence-electron chi connectivity index (χ2n) is 5.89. The molecule has 0 saturated heterocycles. The normalized spacial score (nSPS) is 11.6. The summed E-state index contributed by atoms with van der Waals surface area (Å²) in [5, 5.41) is 4.93. The van der Waals surface area contributed by atoms with Crippen molar-refractivity contribution in [1.82, 2.24) is 9.66 Å². The van der Waals surface area contributed by atoms with Gasteiger partial charge in [-0.25, -0.2) is 4.98 Å². The first kappa shape index (κ1) is 17.4. The Balaban J connectivity index is 2.20.